The lowest BCUT2D eigenvalue weighted by molar-refractivity contribution is 0.571. The zero-order chi connectivity index (χ0) is 18.5. The Morgan fingerprint density at radius 2 is 1.44 bits per heavy atom. The van der Waals surface area contributed by atoms with Gasteiger partial charge in [-0.2, -0.15) is 5.10 Å². The molecule has 2 nitrogen and oxygen atoms in total. The number of benzene rings is 3. The van der Waals surface area contributed by atoms with Crippen LogP contribution in [0.3, 0.4) is 0 Å². The largest absolute Gasteiger partial charge is 0.278 e. The molecule has 0 fully saturated rings. The minimum Gasteiger partial charge on any atom is -0.278 e. The summed E-state index contributed by atoms with van der Waals surface area (Å²) in [4.78, 5) is 0. The summed E-state index contributed by atoms with van der Waals surface area (Å²) in [7, 11) is 0. The zero-order valence-corrected chi connectivity index (χ0v) is 16.0. The number of para-hydroxylation sites is 1. The minimum atomic E-state index is -0.295. The highest BCUT2D eigenvalue weighted by Gasteiger charge is 2.43. The Morgan fingerprint density at radius 3 is 2.19 bits per heavy atom. The number of rotatable bonds is 6. The maximum Gasteiger partial charge on any atom is 0.0829 e. The molecule has 3 heteroatoms. The highest BCUT2D eigenvalue weighted by atomic mass is 35.5. The van der Waals surface area contributed by atoms with Gasteiger partial charge < -0.3 is 0 Å². The number of hydrogen-bond donors (Lipinski definition) is 1. The van der Waals surface area contributed by atoms with Crippen molar-refractivity contribution in [2.45, 2.75) is 24.7 Å². The van der Waals surface area contributed by atoms with Crippen LogP contribution >= 0.6 is 11.6 Å². The number of alkyl halides is 1. The molecule has 3 aromatic carbocycles. The van der Waals surface area contributed by atoms with Crippen molar-refractivity contribution in [3.63, 3.8) is 0 Å². The van der Waals surface area contributed by atoms with E-state index in [0.29, 0.717) is 5.88 Å². The molecule has 0 spiro atoms. The fraction of sp³-hybridized carbons (Fsp3) is 0.208. The predicted octanol–water partition coefficient (Wildman–Crippen LogP) is 6.21. The summed E-state index contributed by atoms with van der Waals surface area (Å²) in [6.45, 7) is 0. The van der Waals surface area contributed by atoms with Gasteiger partial charge in [0.1, 0.15) is 0 Å². The molecule has 1 atom stereocenters. The van der Waals surface area contributed by atoms with Crippen molar-refractivity contribution in [3.8, 4) is 0 Å². The van der Waals surface area contributed by atoms with Crippen molar-refractivity contribution in [1.82, 2.24) is 0 Å². The molecular formula is C24H23ClN2. The van der Waals surface area contributed by atoms with Crippen LogP contribution in [0.1, 0.15) is 36.0 Å². The first-order chi connectivity index (χ1) is 13.4. The Morgan fingerprint density at radius 1 is 0.778 bits per heavy atom. The van der Waals surface area contributed by atoms with Crippen molar-refractivity contribution in [1.29, 1.82) is 0 Å². The first-order valence-electron chi connectivity index (χ1n) is 9.47. The Labute approximate surface area is 165 Å². The maximum atomic E-state index is 6.02. The molecule has 1 heterocycles. The predicted molar refractivity (Wildman–Crippen MR) is 115 cm³/mol. The molecule has 1 N–H and O–H groups in total. The Kier molecular flexibility index (Phi) is 5.26. The van der Waals surface area contributed by atoms with Gasteiger partial charge in [0.25, 0.3) is 0 Å². The molecule has 0 amide bonds. The van der Waals surface area contributed by atoms with Gasteiger partial charge in [-0.3, -0.25) is 5.43 Å². The number of halogens is 1. The van der Waals surface area contributed by atoms with Gasteiger partial charge in [-0.25, -0.2) is 0 Å². The van der Waals surface area contributed by atoms with Crippen molar-refractivity contribution in [2.75, 3.05) is 11.3 Å². The Hall–Kier alpha value is -2.58. The fourth-order valence-electron chi connectivity index (χ4n) is 4.10. The molecule has 0 radical (unpaired) electrons. The van der Waals surface area contributed by atoms with Crippen molar-refractivity contribution >= 4 is 23.0 Å². The summed E-state index contributed by atoms with van der Waals surface area (Å²) in [5, 5.41) is 4.88. The van der Waals surface area contributed by atoms with E-state index in [1.807, 2.05) is 6.07 Å². The molecule has 27 heavy (non-hydrogen) atoms. The monoisotopic (exact) mass is 374 g/mol. The molecular weight excluding hydrogens is 352 g/mol. The third kappa shape index (κ3) is 3.26. The molecule has 0 aromatic heterocycles. The summed E-state index contributed by atoms with van der Waals surface area (Å²) in [6.07, 6.45) is 3.00. The zero-order valence-electron chi connectivity index (χ0n) is 15.2. The van der Waals surface area contributed by atoms with Crippen LogP contribution in [0.25, 0.3) is 0 Å². The molecule has 0 saturated carbocycles. The van der Waals surface area contributed by atoms with Gasteiger partial charge in [0.15, 0.2) is 0 Å². The lowest BCUT2D eigenvalue weighted by Gasteiger charge is -2.40. The van der Waals surface area contributed by atoms with Crippen molar-refractivity contribution < 1.29 is 0 Å². The van der Waals surface area contributed by atoms with Crippen molar-refractivity contribution in [3.05, 3.63) is 102 Å². The van der Waals surface area contributed by atoms with Crippen LogP contribution < -0.4 is 5.43 Å². The summed E-state index contributed by atoms with van der Waals surface area (Å²) < 4.78 is 0. The SMILES string of the molecule is ClCCCCC1(c2ccccc2)C(c2ccccc2)=NNc2ccccc21. The van der Waals surface area contributed by atoms with Crippen LogP contribution in [0.15, 0.2) is 90.0 Å². The van der Waals surface area contributed by atoms with E-state index in [9.17, 15) is 0 Å². The lowest BCUT2D eigenvalue weighted by atomic mass is 9.65. The summed E-state index contributed by atoms with van der Waals surface area (Å²) in [6, 6.07) is 29.8. The molecule has 136 valence electrons. The second-order valence-corrected chi connectivity index (χ2v) is 7.28. The van der Waals surface area contributed by atoms with E-state index < -0.39 is 0 Å². The van der Waals surface area contributed by atoms with Gasteiger partial charge >= 0.3 is 0 Å². The molecule has 0 bridgehead atoms. The van der Waals surface area contributed by atoms with Gasteiger partial charge in [-0.15, -0.1) is 11.6 Å². The standard InChI is InChI=1S/C24H23ClN2/c25-18-10-9-17-24(20-13-5-2-6-14-20)21-15-7-8-16-22(21)26-27-23(24)19-11-3-1-4-12-19/h1-8,11-16,26H,9-10,17-18H2. The average Bonchev–Trinajstić information content (AvgIpc) is 2.75. The molecule has 4 rings (SSSR count). The van der Waals surface area contributed by atoms with E-state index in [1.54, 1.807) is 0 Å². The van der Waals surface area contributed by atoms with Gasteiger partial charge in [0.2, 0.25) is 0 Å². The van der Waals surface area contributed by atoms with E-state index in [-0.39, 0.29) is 5.41 Å². The van der Waals surface area contributed by atoms with Crippen LogP contribution in [0.4, 0.5) is 5.69 Å². The lowest BCUT2D eigenvalue weighted by Crippen LogP contribution is -2.41. The number of unbranched alkanes of at least 4 members (excludes halogenated alkanes) is 1. The number of hydrazone groups is 1. The molecule has 0 aliphatic carbocycles. The third-order valence-corrected chi connectivity index (χ3v) is 5.60. The summed E-state index contributed by atoms with van der Waals surface area (Å²) in [5.74, 6) is 0.683. The van der Waals surface area contributed by atoms with Gasteiger partial charge in [-0.05, 0) is 35.6 Å². The highest BCUT2D eigenvalue weighted by molar-refractivity contribution is 6.17. The van der Waals surface area contributed by atoms with Crippen LogP contribution in [0.2, 0.25) is 0 Å². The number of nitrogens with zero attached hydrogens (tertiary/aromatic N) is 1. The first kappa shape index (κ1) is 17.8. The topological polar surface area (TPSA) is 24.4 Å². The van der Waals surface area contributed by atoms with E-state index in [1.165, 1.54) is 11.1 Å². The molecule has 1 unspecified atom stereocenters. The summed E-state index contributed by atoms with van der Waals surface area (Å²) in [5.41, 5.74) is 8.84. The molecule has 3 aromatic rings. The van der Waals surface area contributed by atoms with E-state index in [2.05, 4.69) is 84.3 Å². The van der Waals surface area contributed by atoms with Crippen LogP contribution in [-0.2, 0) is 5.41 Å². The van der Waals surface area contributed by atoms with Crippen LogP contribution in [0, 0.1) is 0 Å². The molecule has 1 aliphatic heterocycles. The third-order valence-electron chi connectivity index (χ3n) is 5.33. The Bertz CT molecular complexity index is 921. The number of nitrogens with one attached hydrogen (secondary N) is 1. The van der Waals surface area contributed by atoms with E-state index in [0.717, 1.165) is 36.2 Å². The number of hydrogen-bond acceptors (Lipinski definition) is 2. The second-order valence-electron chi connectivity index (χ2n) is 6.90. The van der Waals surface area contributed by atoms with Gasteiger partial charge in [0, 0.05) is 5.88 Å². The molecule has 0 saturated heterocycles. The van der Waals surface area contributed by atoms with Gasteiger partial charge in [0.05, 0.1) is 16.8 Å². The average molecular weight is 375 g/mol. The second kappa shape index (κ2) is 7.98. The first-order valence-corrected chi connectivity index (χ1v) is 10.0. The summed E-state index contributed by atoms with van der Waals surface area (Å²) >= 11 is 6.02. The minimum absolute atomic E-state index is 0.295. The maximum absolute atomic E-state index is 6.02. The number of anilines is 1. The highest BCUT2D eigenvalue weighted by Crippen LogP contribution is 2.46. The van der Waals surface area contributed by atoms with Crippen LogP contribution in [0.5, 0.6) is 0 Å². The fourth-order valence-corrected chi connectivity index (χ4v) is 4.28. The van der Waals surface area contributed by atoms with E-state index in [4.69, 9.17) is 16.7 Å². The smallest absolute Gasteiger partial charge is 0.0829 e. The van der Waals surface area contributed by atoms with E-state index >= 15 is 0 Å². The van der Waals surface area contributed by atoms with Crippen molar-refractivity contribution in [2.24, 2.45) is 5.10 Å². The number of fused-ring (bicyclic) bond motifs is 1. The Balaban J connectivity index is 1.96. The van der Waals surface area contributed by atoms with Crippen LogP contribution in [-0.4, -0.2) is 11.6 Å². The quantitative estimate of drug-likeness (QED) is 0.402. The normalized spacial score (nSPS) is 18.3. The van der Waals surface area contributed by atoms with Gasteiger partial charge in [-0.1, -0.05) is 85.3 Å². The molecule has 1 aliphatic rings.